The van der Waals surface area contributed by atoms with E-state index in [1.807, 2.05) is 30.3 Å². The Morgan fingerprint density at radius 2 is 1.42 bits per heavy atom. The Balaban J connectivity index is 1.58. The molecule has 1 N–H and O–H groups in total. The summed E-state index contributed by atoms with van der Waals surface area (Å²) in [5, 5.41) is 10.1. The van der Waals surface area contributed by atoms with E-state index in [1.165, 1.54) is 75.3 Å². The van der Waals surface area contributed by atoms with E-state index in [4.69, 9.17) is 17.0 Å². The number of aliphatic hydroxyl groups excluding tert-OH is 1. The Hall–Kier alpha value is -1.97. The van der Waals surface area contributed by atoms with Gasteiger partial charge in [0.25, 0.3) is 0 Å². The number of rotatable bonds is 17. The average Bonchev–Trinajstić information content (AvgIpc) is 2.81. The van der Waals surface area contributed by atoms with E-state index < -0.39 is 6.29 Å². The van der Waals surface area contributed by atoms with Crippen LogP contribution in [0.25, 0.3) is 0 Å². The molecule has 0 heterocycles. The second kappa shape index (κ2) is 16.6. The quantitative estimate of drug-likeness (QED) is 0.0833. The Morgan fingerprint density at radius 3 is 2.03 bits per heavy atom. The molecule has 0 fully saturated rings. The molecular formula is C30H42O2S. The summed E-state index contributed by atoms with van der Waals surface area (Å²) in [6, 6.07) is 16.3. The van der Waals surface area contributed by atoms with E-state index in [1.54, 1.807) is 6.08 Å². The van der Waals surface area contributed by atoms with Gasteiger partial charge in [0, 0.05) is 11.3 Å². The SMILES string of the molecule is CCCCCCCCCCCCc1ccc(OC(O)C=CCC(=S)c2ccc(C)cc2)cc1. The number of thiocarbonyl (C=S) groups is 1. The lowest BCUT2D eigenvalue weighted by Gasteiger charge is -2.10. The van der Waals surface area contributed by atoms with Crippen molar-refractivity contribution in [3.63, 3.8) is 0 Å². The van der Waals surface area contributed by atoms with Crippen LogP contribution in [-0.2, 0) is 6.42 Å². The molecule has 0 aliphatic carbocycles. The van der Waals surface area contributed by atoms with Crippen molar-refractivity contribution in [1.29, 1.82) is 0 Å². The summed E-state index contributed by atoms with van der Waals surface area (Å²) in [6.07, 6.45) is 17.9. The van der Waals surface area contributed by atoms with Crippen LogP contribution in [0.4, 0.5) is 0 Å². The van der Waals surface area contributed by atoms with Gasteiger partial charge in [0.1, 0.15) is 5.75 Å². The van der Waals surface area contributed by atoms with Crippen molar-refractivity contribution in [2.45, 2.75) is 97.2 Å². The maximum Gasteiger partial charge on any atom is 0.217 e. The highest BCUT2D eigenvalue weighted by Gasteiger charge is 2.03. The van der Waals surface area contributed by atoms with E-state index in [-0.39, 0.29) is 0 Å². The number of hydrogen-bond donors (Lipinski definition) is 1. The topological polar surface area (TPSA) is 29.5 Å². The minimum atomic E-state index is -0.973. The van der Waals surface area contributed by atoms with Crippen LogP contribution in [0.3, 0.4) is 0 Å². The van der Waals surface area contributed by atoms with Crippen molar-refractivity contribution in [3.05, 3.63) is 77.4 Å². The number of aryl methyl sites for hydroxylation is 2. The Bertz CT molecular complexity index is 808. The third-order valence-electron chi connectivity index (χ3n) is 5.98. The van der Waals surface area contributed by atoms with Crippen LogP contribution >= 0.6 is 12.2 Å². The Morgan fingerprint density at radius 1 is 0.848 bits per heavy atom. The molecule has 0 bridgehead atoms. The van der Waals surface area contributed by atoms with Gasteiger partial charge in [0.05, 0.1) is 0 Å². The molecule has 0 radical (unpaired) electrons. The fraction of sp³-hybridized carbons (Fsp3) is 0.500. The predicted molar refractivity (Wildman–Crippen MR) is 145 cm³/mol. The van der Waals surface area contributed by atoms with Crippen LogP contribution in [-0.4, -0.2) is 16.3 Å². The largest absolute Gasteiger partial charge is 0.461 e. The fourth-order valence-corrected chi connectivity index (χ4v) is 4.11. The number of unbranched alkanes of at least 4 members (excludes halogenated alkanes) is 9. The zero-order chi connectivity index (χ0) is 23.7. The van der Waals surface area contributed by atoms with Crippen LogP contribution < -0.4 is 4.74 Å². The third kappa shape index (κ3) is 12.2. The lowest BCUT2D eigenvalue weighted by atomic mass is 10.0. The van der Waals surface area contributed by atoms with E-state index in [2.05, 4.69) is 38.1 Å². The van der Waals surface area contributed by atoms with Gasteiger partial charge in [0.2, 0.25) is 6.29 Å². The molecule has 1 atom stereocenters. The molecule has 180 valence electrons. The van der Waals surface area contributed by atoms with Crippen LogP contribution in [0.15, 0.2) is 60.7 Å². The van der Waals surface area contributed by atoms with E-state index in [0.717, 1.165) is 16.8 Å². The molecule has 0 spiro atoms. The van der Waals surface area contributed by atoms with Crippen molar-refractivity contribution >= 4 is 17.1 Å². The molecule has 0 amide bonds. The number of benzene rings is 2. The van der Waals surface area contributed by atoms with Crippen LogP contribution in [0.2, 0.25) is 0 Å². The van der Waals surface area contributed by atoms with Crippen molar-refractivity contribution in [2.24, 2.45) is 0 Å². The summed E-state index contributed by atoms with van der Waals surface area (Å²) in [5.74, 6) is 0.681. The third-order valence-corrected chi connectivity index (χ3v) is 6.38. The summed E-state index contributed by atoms with van der Waals surface area (Å²) in [4.78, 5) is 0.856. The van der Waals surface area contributed by atoms with Crippen LogP contribution in [0.5, 0.6) is 5.75 Å². The minimum absolute atomic E-state index is 0.608. The van der Waals surface area contributed by atoms with Gasteiger partial charge in [-0.25, -0.2) is 0 Å². The van der Waals surface area contributed by atoms with Crippen molar-refractivity contribution in [1.82, 2.24) is 0 Å². The fourth-order valence-electron chi connectivity index (χ4n) is 3.88. The van der Waals surface area contributed by atoms with Gasteiger partial charge < -0.3 is 9.84 Å². The molecule has 2 aromatic rings. The molecule has 1 unspecified atom stereocenters. The summed E-state index contributed by atoms with van der Waals surface area (Å²) < 4.78 is 5.60. The van der Waals surface area contributed by atoms with Crippen molar-refractivity contribution in [2.75, 3.05) is 0 Å². The Labute approximate surface area is 207 Å². The van der Waals surface area contributed by atoms with Crippen molar-refractivity contribution < 1.29 is 9.84 Å². The lowest BCUT2D eigenvalue weighted by Crippen LogP contribution is -2.12. The maximum absolute atomic E-state index is 10.1. The molecule has 0 saturated carbocycles. The second-order valence-electron chi connectivity index (χ2n) is 9.01. The summed E-state index contributed by atoms with van der Waals surface area (Å²) in [5.41, 5.74) is 3.60. The van der Waals surface area contributed by atoms with E-state index in [9.17, 15) is 5.11 Å². The van der Waals surface area contributed by atoms with Gasteiger partial charge in [-0.15, -0.1) is 0 Å². The average molecular weight is 467 g/mol. The summed E-state index contributed by atoms with van der Waals surface area (Å²) >= 11 is 5.47. The normalized spacial score (nSPS) is 12.2. The van der Waals surface area contributed by atoms with Gasteiger partial charge in [0.15, 0.2) is 0 Å². The summed E-state index contributed by atoms with van der Waals surface area (Å²) in [6.45, 7) is 4.33. The first kappa shape index (κ1) is 27.3. The maximum atomic E-state index is 10.1. The van der Waals surface area contributed by atoms with Crippen molar-refractivity contribution in [3.8, 4) is 5.75 Å². The number of ether oxygens (including phenoxy) is 1. The Kier molecular flexibility index (Phi) is 13.7. The first-order valence-electron chi connectivity index (χ1n) is 12.8. The molecule has 0 aromatic heterocycles. The molecule has 3 heteroatoms. The van der Waals surface area contributed by atoms with Gasteiger partial charge >= 0.3 is 0 Å². The molecule has 33 heavy (non-hydrogen) atoms. The molecular weight excluding hydrogens is 424 g/mol. The predicted octanol–water partition coefficient (Wildman–Crippen LogP) is 8.52. The molecule has 0 aliphatic rings. The number of aliphatic hydroxyl groups is 1. The highest BCUT2D eigenvalue weighted by molar-refractivity contribution is 7.80. The minimum Gasteiger partial charge on any atom is -0.461 e. The van der Waals surface area contributed by atoms with Gasteiger partial charge in [-0.05, 0) is 49.1 Å². The smallest absolute Gasteiger partial charge is 0.217 e. The monoisotopic (exact) mass is 466 g/mol. The first-order valence-corrected chi connectivity index (χ1v) is 13.2. The van der Waals surface area contributed by atoms with Gasteiger partial charge in [-0.3, -0.25) is 0 Å². The first-order chi connectivity index (χ1) is 16.1. The van der Waals surface area contributed by atoms with Crippen LogP contribution in [0, 0.1) is 6.92 Å². The zero-order valence-electron chi connectivity index (χ0n) is 20.6. The number of allylic oxidation sites excluding steroid dienone is 1. The van der Waals surface area contributed by atoms with Crippen LogP contribution in [0.1, 0.15) is 94.2 Å². The van der Waals surface area contributed by atoms with Gasteiger partial charge in [-0.1, -0.05) is 125 Å². The molecule has 0 aliphatic heterocycles. The van der Waals surface area contributed by atoms with Gasteiger partial charge in [-0.2, -0.15) is 0 Å². The zero-order valence-corrected chi connectivity index (χ0v) is 21.4. The molecule has 0 saturated heterocycles. The molecule has 2 aromatic carbocycles. The molecule has 2 nitrogen and oxygen atoms in total. The highest BCUT2D eigenvalue weighted by Crippen LogP contribution is 2.17. The van der Waals surface area contributed by atoms with E-state index in [0.29, 0.717) is 12.2 Å². The van der Waals surface area contributed by atoms with E-state index >= 15 is 0 Å². The molecule has 2 rings (SSSR count). The lowest BCUT2D eigenvalue weighted by molar-refractivity contribution is 0.0246. The summed E-state index contributed by atoms with van der Waals surface area (Å²) in [7, 11) is 0. The number of hydrogen-bond acceptors (Lipinski definition) is 3. The highest BCUT2D eigenvalue weighted by atomic mass is 32.1. The second-order valence-corrected chi connectivity index (χ2v) is 9.50. The standard InChI is InChI=1S/C30H42O2S/c1-3-4-5-6-7-8-9-10-11-12-14-26-19-23-28(24-20-26)32-30(31)16-13-15-29(33)27-21-17-25(2)18-22-27/h13,16-24,30-31H,3-12,14-15H2,1-2H3.